The van der Waals surface area contributed by atoms with E-state index in [1.807, 2.05) is 13.0 Å². The smallest absolute Gasteiger partial charge is 0.137 e. The van der Waals surface area contributed by atoms with E-state index in [0.717, 1.165) is 16.5 Å². The van der Waals surface area contributed by atoms with Gasteiger partial charge >= 0.3 is 0 Å². The van der Waals surface area contributed by atoms with Crippen molar-refractivity contribution in [3.8, 4) is 0 Å². The van der Waals surface area contributed by atoms with Crippen LogP contribution >= 0.6 is 0 Å². The molecule has 1 unspecified atom stereocenters. The first-order valence-electron chi connectivity index (χ1n) is 5.73. The lowest BCUT2D eigenvalue weighted by atomic mass is 10.0. The molecule has 0 bridgehead atoms. The summed E-state index contributed by atoms with van der Waals surface area (Å²) < 4.78 is 5.76. The number of rotatable bonds is 2. The number of hydrogen-bond donors (Lipinski definition) is 1. The summed E-state index contributed by atoms with van der Waals surface area (Å²) in [7, 11) is 0. The zero-order valence-electron chi connectivity index (χ0n) is 10.3. The van der Waals surface area contributed by atoms with Crippen LogP contribution in [0.4, 0.5) is 0 Å². The van der Waals surface area contributed by atoms with Gasteiger partial charge in [-0.25, -0.2) is 0 Å². The third-order valence-corrected chi connectivity index (χ3v) is 3.26. The van der Waals surface area contributed by atoms with E-state index in [9.17, 15) is 5.11 Å². The van der Waals surface area contributed by atoms with Crippen LogP contribution in [0, 0.1) is 20.8 Å². The monoisotopic (exact) mass is 218 g/mol. The van der Waals surface area contributed by atoms with Gasteiger partial charge in [0.1, 0.15) is 17.4 Å². The Bertz CT molecular complexity index is 523. The molecule has 2 aromatic rings. The zero-order chi connectivity index (χ0) is 11.9. The third-order valence-electron chi connectivity index (χ3n) is 3.26. The SMILES string of the molecule is CCC(O)c1cc2c(C)cc(C)c(C)c2o1. The second kappa shape index (κ2) is 3.95. The molecular weight excluding hydrogens is 200 g/mol. The van der Waals surface area contributed by atoms with Crippen LogP contribution in [0.3, 0.4) is 0 Å². The largest absolute Gasteiger partial charge is 0.458 e. The first kappa shape index (κ1) is 11.2. The van der Waals surface area contributed by atoms with Gasteiger partial charge in [0.15, 0.2) is 0 Å². The van der Waals surface area contributed by atoms with Crippen molar-refractivity contribution < 1.29 is 9.52 Å². The summed E-state index contributed by atoms with van der Waals surface area (Å²) in [6.45, 7) is 8.16. The van der Waals surface area contributed by atoms with E-state index in [1.54, 1.807) is 0 Å². The molecule has 1 N–H and O–H groups in total. The van der Waals surface area contributed by atoms with Gasteiger partial charge in [0.05, 0.1) is 0 Å². The molecule has 0 fully saturated rings. The summed E-state index contributed by atoms with van der Waals surface area (Å²) in [5, 5.41) is 10.9. The molecule has 1 heterocycles. The van der Waals surface area contributed by atoms with E-state index in [1.165, 1.54) is 11.1 Å². The van der Waals surface area contributed by atoms with Crippen LogP contribution in [-0.2, 0) is 0 Å². The Hall–Kier alpha value is -1.28. The Kier molecular flexibility index (Phi) is 2.76. The van der Waals surface area contributed by atoms with Gasteiger partial charge < -0.3 is 9.52 Å². The van der Waals surface area contributed by atoms with Crippen molar-refractivity contribution in [1.82, 2.24) is 0 Å². The maximum absolute atomic E-state index is 9.79. The molecule has 0 amide bonds. The van der Waals surface area contributed by atoms with E-state index in [-0.39, 0.29) is 0 Å². The lowest BCUT2D eigenvalue weighted by molar-refractivity contribution is 0.148. The Morgan fingerprint density at radius 3 is 2.50 bits per heavy atom. The van der Waals surface area contributed by atoms with Gasteiger partial charge in [-0.2, -0.15) is 0 Å². The van der Waals surface area contributed by atoms with Crippen molar-refractivity contribution in [1.29, 1.82) is 0 Å². The normalized spacial score (nSPS) is 13.3. The summed E-state index contributed by atoms with van der Waals surface area (Å²) in [6, 6.07) is 4.13. The average molecular weight is 218 g/mol. The Balaban J connectivity index is 2.70. The van der Waals surface area contributed by atoms with Crippen molar-refractivity contribution >= 4 is 11.0 Å². The molecule has 0 aliphatic rings. The maximum Gasteiger partial charge on any atom is 0.137 e. The van der Waals surface area contributed by atoms with Crippen LogP contribution in [0.15, 0.2) is 16.5 Å². The molecule has 2 heteroatoms. The topological polar surface area (TPSA) is 33.4 Å². The third kappa shape index (κ3) is 1.63. The van der Waals surface area contributed by atoms with Gasteiger partial charge in [0.2, 0.25) is 0 Å². The second-order valence-electron chi connectivity index (χ2n) is 4.45. The molecule has 1 aromatic heterocycles. The Morgan fingerprint density at radius 2 is 1.88 bits per heavy atom. The number of benzene rings is 1. The maximum atomic E-state index is 9.79. The molecule has 2 nitrogen and oxygen atoms in total. The fourth-order valence-electron chi connectivity index (χ4n) is 2.04. The van der Waals surface area contributed by atoms with Crippen molar-refractivity contribution in [3.05, 3.63) is 34.6 Å². The highest BCUT2D eigenvalue weighted by molar-refractivity contribution is 5.85. The van der Waals surface area contributed by atoms with Gasteiger partial charge in [0.25, 0.3) is 0 Å². The first-order chi connectivity index (χ1) is 7.54. The predicted octanol–water partition coefficient (Wildman–Crippen LogP) is 3.80. The van der Waals surface area contributed by atoms with Crippen LogP contribution in [-0.4, -0.2) is 5.11 Å². The predicted molar refractivity (Wildman–Crippen MR) is 65.7 cm³/mol. The lowest BCUT2D eigenvalue weighted by Crippen LogP contribution is -1.91. The molecule has 0 radical (unpaired) electrons. The number of furan rings is 1. The second-order valence-corrected chi connectivity index (χ2v) is 4.45. The van der Waals surface area contributed by atoms with Crippen molar-refractivity contribution in [2.45, 2.75) is 40.2 Å². The fraction of sp³-hybridized carbons (Fsp3) is 0.429. The fourth-order valence-corrected chi connectivity index (χ4v) is 2.04. The highest BCUT2D eigenvalue weighted by Gasteiger charge is 2.14. The van der Waals surface area contributed by atoms with Crippen LogP contribution < -0.4 is 0 Å². The van der Waals surface area contributed by atoms with Gasteiger partial charge in [0, 0.05) is 5.39 Å². The quantitative estimate of drug-likeness (QED) is 0.831. The minimum atomic E-state index is -0.494. The molecule has 2 rings (SSSR count). The number of aryl methyl sites for hydroxylation is 3. The van der Waals surface area contributed by atoms with Crippen LogP contribution in [0.2, 0.25) is 0 Å². The van der Waals surface area contributed by atoms with Crippen LogP contribution in [0.1, 0.15) is 41.9 Å². The number of aliphatic hydroxyl groups excluding tert-OH is 1. The summed E-state index contributed by atoms with van der Waals surface area (Å²) in [5.74, 6) is 0.675. The Morgan fingerprint density at radius 1 is 1.19 bits per heavy atom. The minimum absolute atomic E-state index is 0.494. The van der Waals surface area contributed by atoms with E-state index in [4.69, 9.17) is 4.42 Å². The molecule has 0 saturated heterocycles. The number of aliphatic hydroxyl groups is 1. The van der Waals surface area contributed by atoms with Gasteiger partial charge in [-0.1, -0.05) is 13.0 Å². The summed E-state index contributed by atoms with van der Waals surface area (Å²) >= 11 is 0. The van der Waals surface area contributed by atoms with E-state index in [0.29, 0.717) is 12.2 Å². The highest BCUT2D eigenvalue weighted by Crippen LogP contribution is 2.31. The Labute approximate surface area is 95.9 Å². The molecular formula is C14H18O2. The standard InChI is InChI=1S/C14H18O2/c1-5-12(15)13-7-11-9(3)6-8(2)10(4)14(11)16-13/h6-7,12,15H,5H2,1-4H3. The molecule has 86 valence electrons. The van der Waals surface area contributed by atoms with E-state index >= 15 is 0 Å². The van der Waals surface area contributed by atoms with Gasteiger partial charge in [-0.05, 0) is 49.9 Å². The van der Waals surface area contributed by atoms with Crippen molar-refractivity contribution in [2.24, 2.45) is 0 Å². The van der Waals surface area contributed by atoms with Gasteiger partial charge in [-0.3, -0.25) is 0 Å². The van der Waals surface area contributed by atoms with Crippen molar-refractivity contribution in [3.63, 3.8) is 0 Å². The molecule has 0 aliphatic heterocycles. The van der Waals surface area contributed by atoms with Crippen molar-refractivity contribution in [2.75, 3.05) is 0 Å². The average Bonchev–Trinajstić information content (AvgIpc) is 2.70. The van der Waals surface area contributed by atoms with Crippen LogP contribution in [0.25, 0.3) is 11.0 Å². The molecule has 0 saturated carbocycles. The molecule has 0 aliphatic carbocycles. The lowest BCUT2D eigenvalue weighted by Gasteiger charge is -2.03. The minimum Gasteiger partial charge on any atom is -0.458 e. The summed E-state index contributed by atoms with van der Waals surface area (Å²) in [5.41, 5.74) is 4.52. The number of fused-ring (bicyclic) bond motifs is 1. The molecule has 0 spiro atoms. The molecule has 1 aromatic carbocycles. The molecule has 16 heavy (non-hydrogen) atoms. The molecule has 1 atom stereocenters. The van der Waals surface area contributed by atoms with Crippen LogP contribution in [0.5, 0.6) is 0 Å². The highest BCUT2D eigenvalue weighted by atomic mass is 16.4. The van der Waals surface area contributed by atoms with Gasteiger partial charge in [-0.15, -0.1) is 0 Å². The van der Waals surface area contributed by atoms with E-state index < -0.39 is 6.10 Å². The number of hydrogen-bond acceptors (Lipinski definition) is 2. The van der Waals surface area contributed by atoms with E-state index in [2.05, 4.69) is 26.8 Å². The first-order valence-corrected chi connectivity index (χ1v) is 5.73. The summed E-state index contributed by atoms with van der Waals surface area (Å²) in [6.07, 6.45) is 0.184. The summed E-state index contributed by atoms with van der Waals surface area (Å²) in [4.78, 5) is 0. The zero-order valence-corrected chi connectivity index (χ0v) is 10.3.